The topological polar surface area (TPSA) is 80.7 Å². The van der Waals surface area contributed by atoms with Crippen LogP contribution in [0, 0.1) is 0 Å². The maximum atomic E-state index is 11.8. The number of hydrogen-bond acceptors (Lipinski definition) is 4. The average molecular weight is 351 g/mol. The van der Waals surface area contributed by atoms with Crippen molar-refractivity contribution < 1.29 is 23.1 Å². The summed E-state index contributed by atoms with van der Waals surface area (Å²) in [5.41, 5.74) is 0. The third kappa shape index (κ3) is 4.83. The second-order valence-corrected chi connectivity index (χ2v) is 7.13. The quantitative estimate of drug-likeness (QED) is 0.814. The summed E-state index contributed by atoms with van der Waals surface area (Å²) in [6.07, 6.45) is 0.0502. The lowest BCUT2D eigenvalue weighted by Crippen LogP contribution is -2.33. The van der Waals surface area contributed by atoms with Crippen molar-refractivity contribution >= 4 is 31.7 Å². The lowest BCUT2D eigenvalue weighted by molar-refractivity contribution is -0.136. The molecule has 5 nitrogen and oxygen atoms in total. The Hall–Kier alpha value is -1.08. The molecule has 0 aliphatic carbocycles. The van der Waals surface area contributed by atoms with Gasteiger partial charge in [-0.25, -0.2) is 8.42 Å². The summed E-state index contributed by atoms with van der Waals surface area (Å²) in [6.45, 7) is 1.47. The molecule has 0 saturated heterocycles. The standard InChI is InChI=1S/C12H15BrO5S/c1-2-11(12(14)15)19(16,17)7-6-18-10-5-3-4-9(13)8-10/h3-5,8,11H,2,6-7H2,1H3,(H,14,15). The molecule has 1 atom stereocenters. The second-order valence-electron chi connectivity index (χ2n) is 3.91. The van der Waals surface area contributed by atoms with Crippen molar-refractivity contribution in [2.24, 2.45) is 0 Å². The van der Waals surface area contributed by atoms with Gasteiger partial charge in [-0.15, -0.1) is 0 Å². The summed E-state index contributed by atoms with van der Waals surface area (Å²) in [7, 11) is -3.69. The fraction of sp³-hybridized carbons (Fsp3) is 0.417. The van der Waals surface area contributed by atoms with Crippen LogP contribution in [0.5, 0.6) is 5.75 Å². The molecule has 0 fully saturated rings. The van der Waals surface area contributed by atoms with Crippen molar-refractivity contribution in [1.82, 2.24) is 0 Å². The van der Waals surface area contributed by atoms with E-state index in [9.17, 15) is 13.2 Å². The van der Waals surface area contributed by atoms with Gasteiger partial charge in [0.2, 0.25) is 0 Å². The molecule has 0 amide bonds. The molecule has 106 valence electrons. The smallest absolute Gasteiger partial charge is 0.321 e. The number of hydrogen-bond donors (Lipinski definition) is 1. The zero-order valence-electron chi connectivity index (χ0n) is 10.4. The first kappa shape index (κ1) is 16.0. The molecule has 0 radical (unpaired) electrons. The highest BCUT2D eigenvalue weighted by Gasteiger charge is 2.30. The van der Waals surface area contributed by atoms with Crippen molar-refractivity contribution in [3.8, 4) is 5.75 Å². The Morgan fingerprint density at radius 3 is 2.68 bits per heavy atom. The van der Waals surface area contributed by atoms with Gasteiger partial charge in [0.05, 0.1) is 5.75 Å². The lowest BCUT2D eigenvalue weighted by atomic mass is 10.3. The molecule has 19 heavy (non-hydrogen) atoms. The fourth-order valence-electron chi connectivity index (χ4n) is 1.56. The van der Waals surface area contributed by atoms with Gasteiger partial charge in [0.15, 0.2) is 15.1 Å². The number of rotatable bonds is 7. The molecule has 0 aliphatic heterocycles. The van der Waals surface area contributed by atoms with Crippen molar-refractivity contribution in [2.75, 3.05) is 12.4 Å². The molecule has 0 aromatic heterocycles. The van der Waals surface area contributed by atoms with Gasteiger partial charge in [-0.3, -0.25) is 4.79 Å². The molecule has 0 spiro atoms. The minimum absolute atomic E-state index is 0.0502. The van der Waals surface area contributed by atoms with Gasteiger partial charge in [0.25, 0.3) is 0 Å². The first-order valence-electron chi connectivity index (χ1n) is 5.69. The van der Waals surface area contributed by atoms with Gasteiger partial charge in [-0.05, 0) is 24.6 Å². The van der Waals surface area contributed by atoms with Crippen LogP contribution in [0.4, 0.5) is 0 Å². The summed E-state index contributed by atoms with van der Waals surface area (Å²) in [5.74, 6) is -1.09. The molecule has 0 saturated carbocycles. The van der Waals surface area contributed by atoms with E-state index in [4.69, 9.17) is 9.84 Å². The second kappa shape index (κ2) is 6.91. The maximum Gasteiger partial charge on any atom is 0.321 e. The lowest BCUT2D eigenvalue weighted by Gasteiger charge is -2.12. The molecule has 0 aliphatic rings. The number of halogens is 1. The Morgan fingerprint density at radius 2 is 2.16 bits per heavy atom. The molecule has 0 heterocycles. The predicted octanol–water partition coefficient (Wildman–Crippen LogP) is 2.11. The normalized spacial score (nSPS) is 12.9. The molecule has 1 aromatic rings. The Bertz CT molecular complexity index is 541. The van der Waals surface area contributed by atoms with E-state index in [1.165, 1.54) is 6.92 Å². The highest BCUT2D eigenvalue weighted by atomic mass is 79.9. The maximum absolute atomic E-state index is 11.8. The number of ether oxygens (including phenoxy) is 1. The Kier molecular flexibility index (Phi) is 5.81. The van der Waals surface area contributed by atoms with Gasteiger partial charge in [0.1, 0.15) is 12.4 Å². The summed E-state index contributed by atoms with van der Waals surface area (Å²) in [6, 6.07) is 6.99. The van der Waals surface area contributed by atoms with Gasteiger partial charge in [-0.2, -0.15) is 0 Å². The van der Waals surface area contributed by atoms with Gasteiger partial charge >= 0.3 is 5.97 Å². The first-order valence-corrected chi connectivity index (χ1v) is 8.20. The van der Waals surface area contributed by atoms with Crippen LogP contribution in [0.1, 0.15) is 13.3 Å². The molecule has 1 rings (SSSR count). The molecule has 1 aromatic carbocycles. The van der Waals surface area contributed by atoms with Crippen LogP contribution in [-0.2, 0) is 14.6 Å². The van der Waals surface area contributed by atoms with E-state index in [0.29, 0.717) is 5.75 Å². The number of aliphatic carboxylic acids is 1. The van der Waals surface area contributed by atoms with E-state index >= 15 is 0 Å². The fourth-order valence-corrected chi connectivity index (χ4v) is 3.35. The van der Waals surface area contributed by atoms with Crippen LogP contribution < -0.4 is 4.74 Å². The minimum Gasteiger partial charge on any atom is -0.492 e. The molecule has 7 heteroatoms. The Balaban J connectivity index is 2.59. The zero-order valence-corrected chi connectivity index (χ0v) is 12.8. The highest BCUT2D eigenvalue weighted by molar-refractivity contribution is 9.10. The van der Waals surface area contributed by atoms with Crippen molar-refractivity contribution in [1.29, 1.82) is 0 Å². The highest BCUT2D eigenvalue weighted by Crippen LogP contribution is 2.18. The van der Waals surface area contributed by atoms with Crippen molar-refractivity contribution in [2.45, 2.75) is 18.6 Å². The van der Waals surface area contributed by atoms with Crippen molar-refractivity contribution in [3.05, 3.63) is 28.7 Å². The van der Waals surface area contributed by atoms with Gasteiger partial charge in [0, 0.05) is 4.47 Å². The predicted molar refractivity (Wildman–Crippen MR) is 75.1 cm³/mol. The third-order valence-electron chi connectivity index (χ3n) is 2.51. The average Bonchev–Trinajstić information content (AvgIpc) is 2.28. The summed E-state index contributed by atoms with van der Waals surface area (Å²) in [5, 5.41) is 7.47. The van der Waals surface area contributed by atoms with E-state index in [1.54, 1.807) is 18.2 Å². The zero-order chi connectivity index (χ0) is 14.5. The monoisotopic (exact) mass is 350 g/mol. The molecular formula is C12H15BrO5S. The minimum atomic E-state index is -3.69. The van der Waals surface area contributed by atoms with Crippen LogP contribution in [-0.4, -0.2) is 37.1 Å². The van der Waals surface area contributed by atoms with E-state index in [2.05, 4.69) is 15.9 Å². The Morgan fingerprint density at radius 1 is 1.47 bits per heavy atom. The number of carbonyl (C=O) groups is 1. The number of benzene rings is 1. The van der Waals surface area contributed by atoms with Gasteiger partial charge in [-0.1, -0.05) is 28.9 Å². The van der Waals surface area contributed by atoms with Crippen LogP contribution in [0.25, 0.3) is 0 Å². The molecule has 1 unspecified atom stereocenters. The summed E-state index contributed by atoms with van der Waals surface area (Å²) >= 11 is 3.27. The van der Waals surface area contributed by atoms with Crippen LogP contribution in [0.3, 0.4) is 0 Å². The SMILES string of the molecule is CCC(C(=O)O)S(=O)(=O)CCOc1cccc(Br)c1. The van der Waals surface area contributed by atoms with E-state index in [-0.39, 0.29) is 18.8 Å². The van der Waals surface area contributed by atoms with Crippen LogP contribution >= 0.6 is 15.9 Å². The number of carboxylic acid groups (broad SMARTS) is 1. The third-order valence-corrected chi connectivity index (χ3v) is 5.14. The molecule has 1 N–H and O–H groups in total. The van der Waals surface area contributed by atoms with Crippen LogP contribution in [0.15, 0.2) is 28.7 Å². The van der Waals surface area contributed by atoms with E-state index in [0.717, 1.165) is 4.47 Å². The van der Waals surface area contributed by atoms with Crippen molar-refractivity contribution in [3.63, 3.8) is 0 Å². The molecule has 0 bridgehead atoms. The van der Waals surface area contributed by atoms with Crippen LogP contribution in [0.2, 0.25) is 0 Å². The summed E-state index contributed by atoms with van der Waals surface area (Å²) < 4.78 is 29.7. The Labute approximate surface area is 120 Å². The first-order chi connectivity index (χ1) is 8.86. The number of sulfone groups is 1. The largest absolute Gasteiger partial charge is 0.492 e. The van der Waals surface area contributed by atoms with E-state index < -0.39 is 21.1 Å². The molecular weight excluding hydrogens is 336 g/mol. The van der Waals surface area contributed by atoms with Gasteiger partial charge < -0.3 is 9.84 Å². The number of carboxylic acids is 1. The van der Waals surface area contributed by atoms with E-state index in [1.807, 2.05) is 6.07 Å². The summed E-state index contributed by atoms with van der Waals surface area (Å²) in [4.78, 5) is 10.8.